The summed E-state index contributed by atoms with van der Waals surface area (Å²) in [5, 5.41) is 7.50. The molecular formula is C16H18N4OS. The number of carbonyl (C=O) groups excluding carboxylic acids is 1. The SMILES string of the molecule is Nc1cccc(-c2ncc(C(=O)N[C@@H]3C[C@H]4CC[C@@H]3N4)s2)c1. The highest BCUT2D eigenvalue weighted by molar-refractivity contribution is 7.16. The lowest BCUT2D eigenvalue weighted by atomic mass is 9.95. The van der Waals surface area contributed by atoms with Crippen LogP contribution in [-0.4, -0.2) is 29.0 Å². The Kier molecular flexibility index (Phi) is 3.35. The first-order valence-corrected chi connectivity index (χ1v) is 8.39. The van der Waals surface area contributed by atoms with Crippen LogP contribution in [0, 0.1) is 0 Å². The van der Waals surface area contributed by atoms with Gasteiger partial charge in [0.25, 0.3) is 5.91 Å². The second-order valence-electron chi connectivity index (χ2n) is 6.02. The molecule has 22 heavy (non-hydrogen) atoms. The summed E-state index contributed by atoms with van der Waals surface area (Å²) in [6.45, 7) is 0. The Morgan fingerprint density at radius 3 is 3.05 bits per heavy atom. The monoisotopic (exact) mass is 314 g/mol. The molecule has 2 aliphatic rings. The Balaban J connectivity index is 1.48. The van der Waals surface area contributed by atoms with Crippen molar-refractivity contribution in [1.82, 2.24) is 15.6 Å². The maximum absolute atomic E-state index is 12.4. The van der Waals surface area contributed by atoms with Gasteiger partial charge in [0.15, 0.2) is 0 Å². The normalized spacial score (nSPS) is 26.3. The van der Waals surface area contributed by atoms with Crippen LogP contribution in [0.2, 0.25) is 0 Å². The standard InChI is InChI=1S/C16H18N4OS/c17-10-3-1-2-9(6-10)16-18-8-14(22-16)15(21)20-13-7-11-4-5-12(13)19-11/h1-3,6,8,11-13,19H,4-5,7,17H2,(H,20,21)/t11-,12+,13-/m1/s1. The fourth-order valence-corrected chi connectivity index (χ4v) is 4.22. The molecule has 0 aliphatic carbocycles. The number of nitrogen functional groups attached to an aromatic ring is 1. The molecular weight excluding hydrogens is 296 g/mol. The van der Waals surface area contributed by atoms with Crippen LogP contribution >= 0.6 is 11.3 Å². The van der Waals surface area contributed by atoms with Gasteiger partial charge in [-0.05, 0) is 31.4 Å². The molecule has 2 aliphatic heterocycles. The summed E-state index contributed by atoms with van der Waals surface area (Å²) in [5.74, 6) is -0.0213. The predicted molar refractivity (Wildman–Crippen MR) is 87.8 cm³/mol. The first-order valence-electron chi connectivity index (χ1n) is 7.58. The van der Waals surface area contributed by atoms with Crippen molar-refractivity contribution in [3.63, 3.8) is 0 Å². The number of fused-ring (bicyclic) bond motifs is 2. The summed E-state index contributed by atoms with van der Waals surface area (Å²) < 4.78 is 0. The maximum Gasteiger partial charge on any atom is 0.263 e. The molecule has 3 heterocycles. The van der Waals surface area contributed by atoms with Crippen molar-refractivity contribution in [2.75, 3.05) is 5.73 Å². The average Bonchev–Trinajstić information content (AvgIpc) is 3.23. The number of benzene rings is 1. The Morgan fingerprint density at radius 2 is 2.32 bits per heavy atom. The molecule has 3 atom stereocenters. The van der Waals surface area contributed by atoms with Crippen LogP contribution in [-0.2, 0) is 0 Å². The Labute approximate surface area is 132 Å². The summed E-state index contributed by atoms with van der Waals surface area (Å²) in [6.07, 6.45) is 5.08. The number of rotatable bonds is 3. The van der Waals surface area contributed by atoms with Gasteiger partial charge in [-0.15, -0.1) is 11.3 Å². The molecule has 4 rings (SSSR count). The molecule has 2 bridgehead atoms. The van der Waals surface area contributed by atoms with Crippen molar-refractivity contribution in [3.05, 3.63) is 35.3 Å². The smallest absolute Gasteiger partial charge is 0.263 e. The van der Waals surface area contributed by atoms with Crippen LogP contribution < -0.4 is 16.4 Å². The maximum atomic E-state index is 12.4. The van der Waals surface area contributed by atoms with Gasteiger partial charge in [0.2, 0.25) is 0 Å². The van der Waals surface area contributed by atoms with Crippen LogP contribution in [0.1, 0.15) is 28.9 Å². The van der Waals surface area contributed by atoms with E-state index in [1.165, 1.54) is 17.8 Å². The molecule has 1 amide bonds. The molecule has 0 radical (unpaired) electrons. The van der Waals surface area contributed by atoms with Crippen LogP contribution in [0.4, 0.5) is 5.69 Å². The van der Waals surface area contributed by atoms with E-state index in [-0.39, 0.29) is 11.9 Å². The van der Waals surface area contributed by atoms with E-state index in [9.17, 15) is 4.79 Å². The number of nitrogens with two attached hydrogens (primary N) is 1. The first kappa shape index (κ1) is 13.7. The highest BCUT2D eigenvalue weighted by atomic mass is 32.1. The fraction of sp³-hybridized carbons (Fsp3) is 0.375. The summed E-state index contributed by atoms with van der Waals surface area (Å²) >= 11 is 1.41. The minimum Gasteiger partial charge on any atom is -0.399 e. The van der Waals surface area contributed by atoms with E-state index >= 15 is 0 Å². The molecule has 4 N–H and O–H groups in total. The molecule has 2 aromatic rings. The Hall–Kier alpha value is -1.92. The number of nitrogens with one attached hydrogen (secondary N) is 2. The second-order valence-corrected chi connectivity index (χ2v) is 7.05. The van der Waals surface area contributed by atoms with Gasteiger partial charge >= 0.3 is 0 Å². The largest absolute Gasteiger partial charge is 0.399 e. The molecule has 114 valence electrons. The number of hydrogen-bond acceptors (Lipinski definition) is 5. The zero-order chi connectivity index (χ0) is 15.1. The van der Waals surface area contributed by atoms with E-state index in [0.29, 0.717) is 22.6 Å². The van der Waals surface area contributed by atoms with Crippen LogP contribution in [0.25, 0.3) is 10.6 Å². The average molecular weight is 314 g/mol. The topological polar surface area (TPSA) is 80.0 Å². The van der Waals surface area contributed by atoms with Gasteiger partial charge in [-0.3, -0.25) is 4.79 Å². The van der Waals surface area contributed by atoms with E-state index in [4.69, 9.17) is 5.73 Å². The van der Waals surface area contributed by atoms with Gasteiger partial charge < -0.3 is 16.4 Å². The van der Waals surface area contributed by atoms with E-state index in [0.717, 1.165) is 23.4 Å². The number of hydrogen-bond donors (Lipinski definition) is 3. The highest BCUT2D eigenvalue weighted by Crippen LogP contribution is 2.30. The lowest BCUT2D eigenvalue weighted by Crippen LogP contribution is -2.42. The number of aromatic nitrogens is 1. The third kappa shape index (κ3) is 2.48. The van der Waals surface area contributed by atoms with E-state index < -0.39 is 0 Å². The number of anilines is 1. The Bertz CT molecular complexity index is 714. The van der Waals surface area contributed by atoms with Crippen LogP contribution in [0.5, 0.6) is 0 Å². The molecule has 2 fully saturated rings. The van der Waals surface area contributed by atoms with Crippen LogP contribution in [0.15, 0.2) is 30.5 Å². The van der Waals surface area contributed by atoms with Gasteiger partial charge in [0.05, 0.1) is 6.20 Å². The molecule has 6 heteroatoms. The molecule has 0 unspecified atom stereocenters. The zero-order valence-electron chi connectivity index (χ0n) is 12.1. The third-order valence-electron chi connectivity index (χ3n) is 4.48. The van der Waals surface area contributed by atoms with E-state index in [1.54, 1.807) is 6.20 Å². The van der Waals surface area contributed by atoms with Crippen molar-refractivity contribution in [2.45, 2.75) is 37.4 Å². The quantitative estimate of drug-likeness (QED) is 0.757. The van der Waals surface area contributed by atoms with Crippen molar-refractivity contribution in [1.29, 1.82) is 0 Å². The summed E-state index contributed by atoms with van der Waals surface area (Å²) in [7, 11) is 0. The fourth-order valence-electron chi connectivity index (χ4n) is 3.41. The van der Waals surface area contributed by atoms with Gasteiger partial charge in [0, 0.05) is 29.4 Å². The predicted octanol–water partition coefficient (Wildman–Crippen LogP) is 2.02. The second kappa shape index (κ2) is 5.37. The van der Waals surface area contributed by atoms with Gasteiger partial charge in [-0.2, -0.15) is 0 Å². The summed E-state index contributed by atoms with van der Waals surface area (Å²) in [5.41, 5.74) is 7.45. The molecule has 0 saturated carbocycles. The van der Waals surface area contributed by atoms with E-state index in [2.05, 4.69) is 15.6 Å². The minimum atomic E-state index is -0.0213. The van der Waals surface area contributed by atoms with Crippen molar-refractivity contribution >= 4 is 22.9 Å². The number of thiazole rings is 1. The summed E-state index contributed by atoms with van der Waals surface area (Å²) in [6, 6.07) is 8.84. The number of carbonyl (C=O) groups is 1. The van der Waals surface area contributed by atoms with Gasteiger partial charge in [0.1, 0.15) is 9.88 Å². The molecule has 1 aromatic heterocycles. The van der Waals surface area contributed by atoms with Crippen molar-refractivity contribution in [3.8, 4) is 10.6 Å². The lowest BCUT2D eigenvalue weighted by molar-refractivity contribution is 0.0935. The van der Waals surface area contributed by atoms with E-state index in [1.807, 2.05) is 24.3 Å². The zero-order valence-corrected chi connectivity index (χ0v) is 12.9. The lowest BCUT2D eigenvalue weighted by Gasteiger charge is -2.20. The minimum absolute atomic E-state index is 0.0213. The first-order chi connectivity index (χ1) is 10.7. The van der Waals surface area contributed by atoms with Gasteiger partial charge in [-0.25, -0.2) is 4.98 Å². The molecule has 5 nitrogen and oxygen atoms in total. The summed E-state index contributed by atoms with van der Waals surface area (Å²) in [4.78, 5) is 17.4. The molecule has 2 saturated heterocycles. The Morgan fingerprint density at radius 1 is 1.41 bits per heavy atom. The van der Waals surface area contributed by atoms with Gasteiger partial charge in [-0.1, -0.05) is 12.1 Å². The highest BCUT2D eigenvalue weighted by Gasteiger charge is 2.39. The van der Waals surface area contributed by atoms with Crippen molar-refractivity contribution in [2.24, 2.45) is 0 Å². The molecule has 0 spiro atoms. The number of nitrogens with zero attached hydrogens (tertiary/aromatic N) is 1. The number of amides is 1. The third-order valence-corrected chi connectivity index (χ3v) is 5.52. The molecule has 1 aromatic carbocycles. The van der Waals surface area contributed by atoms with Crippen molar-refractivity contribution < 1.29 is 4.79 Å². The van der Waals surface area contributed by atoms with Crippen LogP contribution in [0.3, 0.4) is 0 Å².